The Morgan fingerprint density at radius 1 is 1.25 bits per heavy atom. The summed E-state index contributed by atoms with van der Waals surface area (Å²) in [5, 5.41) is 5.37. The molecule has 6 nitrogen and oxygen atoms in total. The molecule has 28 heavy (non-hydrogen) atoms. The Labute approximate surface area is 168 Å². The van der Waals surface area contributed by atoms with E-state index in [4.69, 9.17) is 21.1 Å². The topological polar surface area (TPSA) is 68.2 Å². The third kappa shape index (κ3) is 3.77. The second-order valence-corrected chi connectivity index (χ2v) is 6.41. The summed E-state index contributed by atoms with van der Waals surface area (Å²) in [5.74, 6) is -0.0661. The highest BCUT2D eigenvalue weighted by atomic mass is 35.5. The smallest absolute Gasteiger partial charge is 0.283 e. The Morgan fingerprint density at radius 2 is 1.96 bits per heavy atom. The van der Waals surface area contributed by atoms with Crippen molar-refractivity contribution >= 4 is 35.2 Å². The number of carbonyl (C=O) groups excluding carboxylic acids is 2. The van der Waals surface area contributed by atoms with Gasteiger partial charge in [-0.2, -0.15) is 10.1 Å². The third-order valence-electron chi connectivity index (χ3n) is 4.12. The standard InChI is InChI=1S/C21H19ClN2O4/c1-4-28-18-12-14(11-17(22)19(18)27-3)10-16-13(2)23-24(21(16)26)20(25)15-8-6-5-7-9-15/h5-12H,4H2,1-3H3/b16-10+. The van der Waals surface area contributed by atoms with Gasteiger partial charge in [-0.15, -0.1) is 0 Å². The Morgan fingerprint density at radius 3 is 2.61 bits per heavy atom. The van der Waals surface area contributed by atoms with Gasteiger partial charge in [0.1, 0.15) is 0 Å². The molecule has 1 aliphatic rings. The molecular weight excluding hydrogens is 380 g/mol. The van der Waals surface area contributed by atoms with Crippen molar-refractivity contribution in [3.05, 3.63) is 64.2 Å². The summed E-state index contributed by atoms with van der Waals surface area (Å²) in [6.45, 7) is 3.96. The molecule has 0 radical (unpaired) electrons. The lowest BCUT2D eigenvalue weighted by molar-refractivity contribution is -0.123. The average Bonchev–Trinajstić information content (AvgIpc) is 2.96. The van der Waals surface area contributed by atoms with E-state index in [0.717, 1.165) is 5.01 Å². The van der Waals surface area contributed by atoms with Gasteiger partial charge in [0.05, 0.1) is 30.0 Å². The first-order valence-corrected chi connectivity index (χ1v) is 9.05. The number of carbonyl (C=O) groups is 2. The average molecular weight is 399 g/mol. The van der Waals surface area contributed by atoms with Gasteiger partial charge in [-0.25, -0.2) is 0 Å². The molecule has 144 valence electrons. The van der Waals surface area contributed by atoms with Crippen molar-refractivity contribution in [1.29, 1.82) is 0 Å². The summed E-state index contributed by atoms with van der Waals surface area (Å²) in [6, 6.07) is 11.9. The van der Waals surface area contributed by atoms with Crippen molar-refractivity contribution in [3.8, 4) is 11.5 Å². The zero-order chi connectivity index (χ0) is 20.3. The van der Waals surface area contributed by atoms with Crippen LogP contribution in [0.15, 0.2) is 53.1 Å². The summed E-state index contributed by atoms with van der Waals surface area (Å²) in [7, 11) is 1.51. The molecule has 0 bridgehead atoms. The number of nitrogens with zero attached hydrogens (tertiary/aromatic N) is 2. The van der Waals surface area contributed by atoms with Gasteiger partial charge in [-0.3, -0.25) is 9.59 Å². The Kier molecular flexibility index (Phi) is 5.80. The van der Waals surface area contributed by atoms with Gasteiger partial charge in [0.25, 0.3) is 11.8 Å². The number of methoxy groups -OCH3 is 1. The number of hydrazone groups is 1. The van der Waals surface area contributed by atoms with Gasteiger partial charge < -0.3 is 9.47 Å². The van der Waals surface area contributed by atoms with E-state index in [9.17, 15) is 9.59 Å². The molecule has 2 aromatic rings. The van der Waals surface area contributed by atoms with Crippen LogP contribution in [0.4, 0.5) is 0 Å². The van der Waals surface area contributed by atoms with Crippen molar-refractivity contribution in [2.24, 2.45) is 5.10 Å². The van der Waals surface area contributed by atoms with E-state index in [2.05, 4.69) is 5.10 Å². The summed E-state index contributed by atoms with van der Waals surface area (Å²) < 4.78 is 10.8. The van der Waals surface area contributed by atoms with Crippen molar-refractivity contribution < 1.29 is 19.1 Å². The number of hydrogen-bond donors (Lipinski definition) is 0. The summed E-state index contributed by atoms with van der Waals surface area (Å²) in [5.41, 5.74) is 1.79. The van der Waals surface area contributed by atoms with E-state index in [-0.39, 0.29) is 0 Å². The molecule has 3 rings (SSSR count). The van der Waals surface area contributed by atoms with Crippen LogP contribution >= 0.6 is 11.6 Å². The Bertz CT molecular complexity index is 983. The number of halogens is 1. The number of amides is 2. The molecule has 0 unspecified atom stereocenters. The normalized spacial score (nSPS) is 15.0. The first-order valence-electron chi connectivity index (χ1n) is 8.67. The lowest BCUT2D eigenvalue weighted by atomic mass is 10.1. The molecule has 0 aromatic heterocycles. The fourth-order valence-corrected chi connectivity index (χ4v) is 3.12. The first-order chi connectivity index (χ1) is 13.5. The number of ether oxygens (including phenoxy) is 2. The highest BCUT2D eigenvalue weighted by molar-refractivity contribution is 6.33. The van der Waals surface area contributed by atoms with Gasteiger partial charge in [0.2, 0.25) is 0 Å². The minimum absolute atomic E-state index is 0.313. The van der Waals surface area contributed by atoms with Gasteiger partial charge >= 0.3 is 0 Å². The Balaban J connectivity index is 1.94. The quantitative estimate of drug-likeness (QED) is 0.559. The second kappa shape index (κ2) is 8.27. The molecule has 0 saturated heterocycles. The number of imide groups is 1. The summed E-state index contributed by atoms with van der Waals surface area (Å²) in [4.78, 5) is 25.4. The molecule has 0 spiro atoms. The maximum Gasteiger partial charge on any atom is 0.283 e. The Hall–Kier alpha value is -3.12. The van der Waals surface area contributed by atoms with Crippen molar-refractivity contribution in [2.45, 2.75) is 13.8 Å². The fourth-order valence-electron chi connectivity index (χ4n) is 2.82. The molecule has 0 aliphatic carbocycles. The third-order valence-corrected chi connectivity index (χ3v) is 4.40. The van der Waals surface area contributed by atoms with Gasteiger partial charge in [-0.1, -0.05) is 29.8 Å². The predicted octanol–water partition coefficient (Wildman–Crippen LogP) is 4.19. The van der Waals surface area contributed by atoms with Gasteiger partial charge in [0, 0.05) is 5.56 Å². The van der Waals surface area contributed by atoms with Crippen LogP contribution in [0.25, 0.3) is 6.08 Å². The van der Waals surface area contributed by atoms with Crippen LogP contribution in [0.1, 0.15) is 29.8 Å². The second-order valence-electron chi connectivity index (χ2n) is 6.00. The maximum absolute atomic E-state index is 12.8. The van der Waals surface area contributed by atoms with Crippen molar-refractivity contribution in [3.63, 3.8) is 0 Å². The highest BCUT2D eigenvalue weighted by Gasteiger charge is 2.33. The minimum Gasteiger partial charge on any atom is -0.491 e. The van der Waals surface area contributed by atoms with E-state index in [0.29, 0.717) is 45.5 Å². The van der Waals surface area contributed by atoms with Gasteiger partial charge in [-0.05, 0) is 49.8 Å². The molecular formula is C21H19ClN2O4. The van der Waals surface area contributed by atoms with E-state index >= 15 is 0 Å². The van der Waals surface area contributed by atoms with Crippen LogP contribution in [-0.4, -0.2) is 36.3 Å². The highest BCUT2D eigenvalue weighted by Crippen LogP contribution is 2.37. The largest absolute Gasteiger partial charge is 0.491 e. The molecule has 1 heterocycles. The van der Waals surface area contributed by atoms with Gasteiger partial charge in [0.15, 0.2) is 11.5 Å². The van der Waals surface area contributed by atoms with Crippen LogP contribution < -0.4 is 9.47 Å². The monoisotopic (exact) mass is 398 g/mol. The van der Waals surface area contributed by atoms with Crippen LogP contribution in [-0.2, 0) is 4.79 Å². The minimum atomic E-state index is -0.490. The number of hydrogen-bond acceptors (Lipinski definition) is 5. The lowest BCUT2D eigenvalue weighted by Crippen LogP contribution is -2.29. The summed E-state index contributed by atoms with van der Waals surface area (Å²) >= 11 is 6.27. The molecule has 0 fully saturated rings. The SMILES string of the molecule is CCOc1cc(/C=C2/C(=O)N(C(=O)c3ccccc3)N=C2C)cc(Cl)c1OC. The zero-order valence-corrected chi connectivity index (χ0v) is 16.5. The van der Waals surface area contributed by atoms with Crippen molar-refractivity contribution in [2.75, 3.05) is 13.7 Å². The van der Waals surface area contributed by atoms with Crippen LogP contribution in [0.2, 0.25) is 5.02 Å². The molecule has 7 heteroatoms. The van der Waals surface area contributed by atoms with E-state index < -0.39 is 11.8 Å². The molecule has 2 aromatic carbocycles. The van der Waals surface area contributed by atoms with Crippen LogP contribution in [0.5, 0.6) is 11.5 Å². The van der Waals surface area contributed by atoms with Crippen molar-refractivity contribution in [1.82, 2.24) is 5.01 Å². The maximum atomic E-state index is 12.8. The van der Waals surface area contributed by atoms with E-state index in [1.54, 1.807) is 55.5 Å². The van der Waals surface area contributed by atoms with Crippen LogP contribution in [0, 0.1) is 0 Å². The molecule has 1 aliphatic heterocycles. The number of rotatable bonds is 5. The fraction of sp³-hybridized carbons (Fsp3) is 0.190. The molecule has 0 atom stereocenters. The van der Waals surface area contributed by atoms with E-state index in [1.165, 1.54) is 7.11 Å². The molecule has 2 amide bonds. The van der Waals surface area contributed by atoms with Crippen LogP contribution in [0.3, 0.4) is 0 Å². The predicted molar refractivity (Wildman–Crippen MR) is 108 cm³/mol. The summed E-state index contributed by atoms with van der Waals surface area (Å²) in [6.07, 6.45) is 1.63. The molecule has 0 N–H and O–H groups in total. The number of benzene rings is 2. The lowest BCUT2D eigenvalue weighted by Gasteiger charge is -2.12. The van der Waals surface area contributed by atoms with E-state index in [1.807, 2.05) is 6.92 Å². The molecule has 0 saturated carbocycles. The first kappa shape index (κ1) is 19.6. The zero-order valence-electron chi connectivity index (χ0n) is 15.7.